The molecule has 0 fully saturated rings. The number of benzene rings is 1. The van der Waals surface area contributed by atoms with Crippen molar-refractivity contribution in [2.45, 2.75) is 13.3 Å². The van der Waals surface area contributed by atoms with E-state index >= 15 is 0 Å². The van der Waals surface area contributed by atoms with Crippen LogP contribution in [0.3, 0.4) is 0 Å². The van der Waals surface area contributed by atoms with Crippen LogP contribution in [0.25, 0.3) is 0 Å². The van der Waals surface area contributed by atoms with E-state index in [4.69, 9.17) is 0 Å². The molecule has 0 aliphatic rings. The molecule has 24 heavy (non-hydrogen) atoms. The van der Waals surface area contributed by atoms with Gasteiger partial charge >= 0.3 is 0 Å². The van der Waals surface area contributed by atoms with Crippen molar-refractivity contribution in [1.29, 1.82) is 0 Å². The Balaban J connectivity index is 1.73. The summed E-state index contributed by atoms with van der Waals surface area (Å²) in [6.07, 6.45) is 0.608. The minimum atomic E-state index is -0.451. The molecule has 0 atom stereocenters. The van der Waals surface area contributed by atoms with E-state index in [-0.39, 0.29) is 17.1 Å². The molecule has 0 saturated carbocycles. The summed E-state index contributed by atoms with van der Waals surface area (Å²) in [5.74, 6) is -0.727. The number of hydrogen-bond donors (Lipinski definition) is 2. The zero-order valence-corrected chi connectivity index (χ0v) is 13.5. The van der Waals surface area contributed by atoms with Crippen molar-refractivity contribution in [3.05, 3.63) is 74.4 Å². The average Bonchev–Trinajstić information content (AvgIpc) is 2.89. The van der Waals surface area contributed by atoms with Gasteiger partial charge in [0.2, 0.25) is 0 Å². The lowest BCUT2D eigenvalue weighted by atomic mass is 10.1. The van der Waals surface area contributed by atoms with Crippen molar-refractivity contribution < 1.29 is 9.18 Å². The van der Waals surface area contributed by atoms with Gasteiger partial charge in [0, 0.05) is 17.4 Å². The Kier molecular flexibility index (Phi) is 4.48. The zero-order chi connectivity index (χ0) is 17.1. The number of nitrogens with one attached hydrogen (secondary N) is 2. The third-order valence-corrected chi connectivity index (χ3v) is 4.38. The first kappa shape index (κ1) is 16.0. The summed E-state index contributed by atoms with van der Waals surface area (Å²) in [5, 5.41) is 8.98. The molecule has 0 saturated heterocycles. The summed E-state index contributed by atoms with van der Waals surface area (Å²) in [7, 11) is 0. The van der Waals surface area contributed by atoms with Crippen LogP contribution in [-0.4, -0.2) is 21.1 Å². The summed E-state index contributed by atoms with van der Waals surface area (Å²) >= 11 is 1.35. The SMILES string of the molecule is Cc1nc(NC(=O)c2ccc(=O)[nH]n2)sc1Cc1ccc(F)cc1. The van der Waals surface area contributed by atoms with Gasteiger partial charge in [0.05, 0.1) is 5.69 Å². The van der Waals surface area contributed by atoms with Crippen LogP contribution in [0, 0.1) is 12.7 Å². The monoisotopic (exact) mass is 344 g/mol. The molecule has 3 aromatic rings. The average molecular weight is 344 g/mol. The van der Waals surface area contributed by atoms with Crippen LogP contribution in [-0.2, 0) is 6.42 Å². The predicted octanol–water partition coefficient (Wildman–Crippen LogP) is 2.52. The quantitative estimate of drug-likeness (QED) is 0.761. The Morgan fingerprint density at radius 3 is 2.67 bits per heavy atom. The molecule has 2 heterocycles. The Bertz CT molecular complexity index is 914. The molecule has 0 unspecified atom stereocenters. The van der Waals surface area contributed by atoms with Crippen LogP contribution in [0.1, 0.15) is 26.6 Å². The highest BCUT2D eigenvalue weighted by molar-refractivity contribution is 7.15. The summed E-state index contributed by atoms with van der Waals surface area (Å²) in [4.78, 5) is 28.3. The predicted molar refractivity (Wildman–Crippen MR) is 88.9 cm³/mol. The normalized spacial score (nSPS) is 10.6. The summed E-state index contributed by atoms with van der Waals surface area (Å²) in [6, 6.07) is 8.84. The number of aryl methyl sites for hydroxylation is 1. The molecule has 2 N–H and O–H groups in total. The molecule has 0 bridgehead atoms. The van der Waals surface area contributed by atoms with Gasteiger partial charge in [0.25, 0.3) is 11.5 Å². The molecule has 0 radical (unpaired) electrons. The van der Waals surface area contributed by atoms with Gasteiger partial charge in [-0.15, -0.1) is 11.3 Å². The van der Waals surface area contributed by atoms with E-state index < -0.39 is 5.91 Å². The molecule has 3 rings (SSSR count). The van der Waals surface area contributed by atoms with E-state index in [2.05, 4.69) is 20.5 Å². The number of rotatable bonds is 4. The van der Waals surface area contributed by atoms with Crippen LogP contribution in [0.15, 0.2) is 41.2 Å². The first-order valence-electron chi connectivity index (χ1n) is 7.09. The number of aromatic nitrogens is 3. The first-order chi connectivity index (χ1) is 11.5. The van der Waals surface area contributed by atoms with E-state index in [1.165, 1.54) is 35.6 Å². The second-order valence-electron chi connectivity index (χ2n) is 5.09. The van der Waals surface area contributed by atoms with Gasteiger partial charge in [-0.25, -0.2) is 14.5 Å². The number of thiazole rings is 1. The highest BCUT2D eigenvalue weighted by Crippen LogP contribution is 2.25. The molecule has 2 aromatic heterocycles. The number of carbonyl (C=O) groups is 1. The fourth-order valence-electron chi connectivity index (χ4n) is 2.07. The molecular weight excluding hydrogens is 331 g/mol. The first-order valence-corrected chi connectivity index (χ1v) is 7.91. The standard InChI is InChI=1S/C16H13FN4O2S/c1-9-13(8-10-2-4-11(17)5-3-10)24-16(18-9)19-15(23)12-6-7-14(22)21-20-12/h2-7H,8H2,1H3,(H,21,22)(H,18,19,23). The van der Waals surface area contributed by atoms with Gasteiger partial charge in [-0.2, -0.15) is 5.10 Å². The van der Waals surface area contributed by atoms with Gasteiger partial charge in [0.1, 0.15) is 11.5 Å². The van der Waals surface area contributed by atoms with Gasteiger partial charge < -0.3 is 0 Å². The summed E-state index contributed by atoms with van der Waals surface area (Å²) in [5.41, 5.74) is 1.48. The molecule has 8 heteroatoms. The topological polar surface area (TPSA) is 87.7 Å². The fraction of sp³-hybridized carbons (Fsp3) is 0.125. The smallest absolute Gasteiger partial charge is 0.277 e. The minimum absolute atomic E-state index is 0.0996. The number of anilines is 1. The Hall–Kier alpha value is -2.87. The van der Waals surface area contributed by atoms with Gasteiger partial charge in [-0.3, -0.25) is 14.9 Å². The zero-order valence-electron chi connectivity index (χ0n) is 12.7. The minimum Gasteiger partial charge on any atom is -0.296 e. The lowest BCUT2D eigenvalue weighted by molar-refractivity contribution is 0.102. The third-order valence-electron chi connectivity index (χ3n) is 3.30. The van der Waals surface area contributed by atoms with E-state index in [9.17, 15) is 14.0 Å². The highest BCUT2D eigenvalue weighted by atomic mass is 32.1. The van der Waals surface area contributed by atoms with Crippen LogP contribution in [0.2, 0.25) is 0 Å². The second kappa shape index (κ2) is 6.71. The highest BCUT2D eigenvalue weighted by Gasteiger charge is 2.13. The number of aromatic amines is 1. The van der Waals surface area contributed by atoms with Crippen LogP contribution < -0.4 is 10.9 Å². The van der Waals surface area contributed by atoms with E-state index in [0.29, 0.717) is 11.6 Å². The summed E-state index contributed by atoms with van der Waals surface area (Å²) in [6.45, 7) is 1.85. The number of amides is 1. The Labute approximate surface area is 140 Å². The van der Waals surface area contributed by atoms with Crippen molar-refractivity contribution >= 4 is 22.4 Å². The third kappa shape index (κ3) is 3.72. The second-order valence-corrected chi connectivity index (χ2v) is 6.18. The number of nitrogens with zero attached hydrogens (tertiary/aromatic N) is 2. The lowest BCUT2D eigenvalue weighted by Gasteiger charge is -2.00. The van der Waals surface area contributed by atoms with Gasteiger partial charge in [0.15, 0.2) is 5.13 Å². The largest absolute Gasteiger partial charge is 0.296 e. The van der Waals surface area contributed by atoms with Crippen molar-refractivity contribution in [2.24, 2.45) is 0 Å². The Morgan fingerprint density at radius 1 is 1.25 bits per heavy atom. The number of hydrogen-bond acceptors (Lipinski definition) is 5. The van der Waals surface area contributed by atoms with E-state index in [0.717, 1.165) is 16.1 Å². The molecule has 6 nitrogen and oxygen atoms in total. The van der Waals surface area contributed by atoms with E-state index in [1.54, 1.807) is 12.1 Å². The molecule has 0 aliphatic heterocycles. The lowest BCUT2D eigenvalue weighted by Crippen LogP contribution is -2.17. The number of H-pyrrole nitrogens is 1. The molecular formula is C16H13FN4O2S. The van der Waals surface area contributed by atoms with Gasteiger partial charge in [-0.05, 0) is 30.7 Å². The Morgan fingerprint density at radius 2 is 2.00 bits per heavy atom. The van der Waals surface area contributed by atoms with Crippen LogP contribution in [0.4, 0.5) is 9.52 Å². The van der Waals surface area contributed by atoms with Crippen molar-refractivity contribution in [2.75, 3.05) is 5.32 Å². The summed E-state index contributed by atoms with van der Waals surface area (Å²) < 4.78 is 13.0. The van der Waals surface area contributed by atoms with Crippen molar-refractivity contribution in [3.63, 3.8) is 0 Å². The van der Waals surface area contributed by atoms with Gasteiger partial charge in [-0.1, -0.05) is 12.1 Å². The maximum atomic E-state index is 13.0. The van der Waals surface area contributed by atoms with E-state index in [1.807, 2.05) is 6.92 Å². The number of carbonyl (C=O) groups excluding carboxylic acids is 1. The number of halogens is 1. The molecule has 1 aromatic carbocycles. The van der Waals surface area contributed by atoms with Crippen molar-refractivity contribution in [3.8, 4) is 0 Å². The fourth-order valence-corrected chi connectivity index (χ4v) is 3.06. The molecule has 122 valence electrons. The van der Waals surface area contributed by atoms with Crippen molar-refractivity contribution in [1.82, 2.24) is 15.2 Å². The maximum Gasteiger partial charge on any atom is 0.277 e. The maximum absolute atomic E-state index is 13.0. The van der Waals surface area contributed by atoms with Crippen LogP contribution >= 0.6 is 11.3 Å². The molecule has 0 spiro atoms. The molecule has 0 aliphatic carbocycles. The molecule has 1 amide bonds. The van der Waals surface area contributed by atoms with Crippen LogP contribution in [0.5, 0.6) is 0 Å².